The quantitative estimate of drug-likeness (QED) is 0.568. The van der Waals surface area contributed by atoms with Crippen LogP contribution in [0.25, 0.3) is 0 Å². The lowest BCUT2D eigenvalue weighted by atomic mass is 10.1. The van der Waals surface area contributed by atoms with Crippen LogP contribution in [0.5, 0.6) is 0 Å². The summed E-state index contributed by atoms with van der Waals surface area (Å²) in [5, 5.41) is 0.206. The molecule has 0 radical (unpaired) electrons. The highest BCUT2D eigenvalue weighted by atomic mass is 32.2. The largest absolute Gasteiger partial charge is 0.298 e. The molecule has 0 aromatic carbocycles. The van der Waals surface area contributed by atoms with E-state index < -0.39 is 0 Å². The molecule has 0 bridgehead atoms. The minimum absolute atomic E-state index is 0.206. The second-order valence-corrected chi connectivity index (χ2v) is 3.54. The van der Waals surface area contributed by atoms with Gasteiger partial charge in [-0.3, -0.25) is 4.79 Å². The van der Waals surface area contributed by atoms with Gasteiger partial charge in [-0.25, -0.2) is 0 Å². The predicted octanol–water partition coefficient (Wildman–Crippen LogP) is 1.88. The maximum atomic E-state index is 11.1. The van der Waals surface area contributed by atoms with Crippen LogP contribution in [-0.2, 0) is 4.79 Å². The Morgan fingerprint density at radius 1 is 1.80 bits per heavy atom. The molecule has 0 saturated heterocycles. The number of carbonyl (C=O) groups is 1. The van der Waals surface area contributed by atoms with Gasteiger partial charge in [-0.1, -0.05) is 6.08 Å². The number of hydrogen-bond donors (Lipinski definition) is 0. The molecule has 0 N–H and O–H groups in total. The zero-order valence-corrected chi connectivity index (χ0v) is 6.99. The highest BCUT2D eigenvalue weighted by molar-refractivity contribution is 8.00. The first-order valence-electron chi connectivity index (χ1n) is 3.47. The number of thioether (sulfide) groups is 1. The standard InChI is InChI=1S/C8H12OS/c1-3-6-4-5-7(9)8(6)10-2/h3,6,8H,1,4-5H2,2H3. The van der Waals surface area contributed by atoms with E-state index in [0.717, 1.165) is 12.8 Å². The van der Waals surface area contributed by atoms with Crippen LogP contribution < -0.4 is 0 Å². The van der Waals surface area contributed by atoms with E-state index >= 15 is 0 Å². The van der Waals surface area contributed by atoms with Crippen LogP contribution in [0.4, 0.5) is 0 Å². The van der Waals surface area contributed by atoms with Crippen molar-refractivity contribution in [3.05, 3.63) is 12.7 Å². The molecule has 1 rings (SSSR count). The van der Waals surface area contributed by atoms with E-state index in [1.165, 1.54) is 0 Å². The monoisotopic (exact) mass is 156 g/mol. The van der Waals surface area contributed by atoms with Crippen molar-refractivity contribution in [3.8, 4) is 0 Å². The lowest BCUT2D eigenvalue weighted by Crippen LogP contribution is -2.14. The van der Waals surface area contributed by atoms with E-state index in [0.29, 0.717) is 11.7 Å². The summed E-state index contributed by atoms with van der Waals surface area (Å²) in [5.41, 5.74) is 0. The molecule has 0 aromatic heterocycles. The number of Topliss-reactive ketones (excluding diaryl/α,β-unsaturated/α-hetero) is 1. The third-order valence-corrected chi connectivity index (χ3v) is 3.11. The minimum Gasteiger partial charge on any atom is -0.298 e. The molecule has 1 saturated carbocycles. The van der Waals surface area contributed by atoms with Crippen molar-refractivity contribution >= 4 is 17.5 Å². The molecule has 0 aliphatic heterocycles. The van der Waals surface area contributed by atoms with E-state index in [9.17, 15) is 4.79 Å². The Morgan fingerprint density at radius 3 is 2.90 bits per heavy atom. The van der Waals surface area contributed by atoms with Gasteiger partial charge in [-0.05, 0) is 18.6 Å². The van der Waals surface area contributed by atoms with Gasteiger partial charge in [0.05, 0.1) is 5.25 Å². The maximum absolute atomic E-state index is 11.1. The third-order valence-electron chi connectivity index (χ3n) is 1.99. The van der Waals surface area contributed by atoms with Crippen LogP contribution in [0.2, 0.25) is 0 Å². The van der Waals surface area contributed by atoms with Crippen molar-refractivity contribution in [2.45, 2.75) is 18.1 Å². The summed E-state index contributed by atoms with van der Waals surface area (Å²) in [6.07, 6.45) is 5.66. The average molecular weight is 156 g/mol. The van der Waals surface area contributed by atoms with Crippen LogP contribution in [-0.4, -0.2) is 17.3 Å². The summed E-state index contributed by atoms with van der Waals surface area (Å²) >= 11 is 1.65. The van der Waals surface area contributed by atoms with Gasteiger partial charge in [-0.2, -0.15) is 11.8 Å². The Balaban J connectivity index is 2.62. The van der Waals surface area contributed by atoms with Gasteiger partial charge in [0.2, 0.25) is 0 Å². The molecule has 0 spiro atoms. The van der Waals surface area contributed by atoms with Gasteiger partial charge in [0.15, 0.2) is 0 Å². The van der Waals surface area contributed by atoms with Crippen LogP contribution in [0.15, 0.2) is 12.7 Å². The van der Waals surface area contributed by atoms with Crippen molar-refractivity contribution in [3.63, 3.8) is 0 Å². The van der Waals surface area contributed by atoms with Gasteiger partial charge < -0.3 is 0 Å². The number of hydrogen-bond acceptors (Lipinski definition) is 2. The normalized spacial score (nSPS) is 32.7. The van der Waals surface area contributed by atoms with Crippen molar-refractivity contribution < 1.29 is 4.79 Å². The Morgan fingerprint density at radius 2 is 2.50 bits per heavy atom. The second kappa shape index (κ2) is 3.24. The molecule has 0 heterocycles. The number of rotatable bonds is 2. The van der Waals surface area contributed by atoms with E-state index in [1.807, 2.05) is 12.3 Å². The summed E-state index contributed by atoms with van der Waals surface area (Å²) < 4.78 is 0. The van der Waals surface area contributed by atoms with E-state index in [1.54, 1.807) is 11.8 Å². The van der Waals surface area contributed by atoms with Gasteiger partial charge >= 0.3 is 0 Å². The van der Waals surface area contributed by atoms with Crippen LogP contribution in [0, 0.1) is 5.92 Å². The fraction of sp³-hybridized carbons (Fsp3) is 0.625. The third kappa shape index (κ3) is 1.26. The Labute approximate surface area is 65.9 Å². The molecule has 56 valence electrons. The molecule has 10 heavy (non-hydrogen) atoms. The summed E-state index contributed by atoms with van der Waals surface area (Å²) in [6, 6.07) is 0. The van der Waals surface area contributed by atoms with Crippen LogP contribution in [0.3, 0.4) is 0 Å². The smallest absolute Gasteiger partial charge is 0.146 e. The first-order chi connectivity index (χ1) is 4.79. The molecule has 1 fully saturated rings. The molecule has 2 heteroatoms. The second-order valence-electron chi connectivity index (χ2n) is 2.56. The minimum atomic E-state index is 0.206. The molecule has 0 aromatic rings. The molecule has 2 atom stereocenters. The molecule has 0 amide bonds. The average Bonchev–Trinajstić information content (AvgIpc) is 2.30. The zero-order valence-electron chi connectivity index (χ0n) is 6.17. The number of ketones is 1. The summed E-state index contributed by atoms with van der Waals surface area (Å²) in [7, 11) is 0. The highest BCUT2D eigenvalue weighted by Crippen LogP contribution is 2.31. The predicted molar refractivity (Wildman–Crippen MR) is 45.2 cm³/mol. The molecular formula is C8H12OS. The summed E-state index contributed by atoms with van der Waals surface area (Å²) in [5.74, 6) is 0.833. The van der Waals surface area contributed by atoms with E-state index in [-0.39, 0.29) is 5.25 Å². The highest BCUT2D eigenvalue weighted by Gasteiger charge is 2.31. The van der Waals surface area contributed by atoms with Crippen molar-refractivity contribution in [1.29, 1.82) is 0 Å². The van der Waals surface area contributed by atoms with Gasteiger partial charge in [0.1, 0.15) is 5.78 Å². The first kappa shape index (κ1) is 7.86. The Hall–Kier alpha value is -0.240. The summed E-state index contributed by atoms with van der Waals surface area (Å²) in [6.45, 7) is 3.71. The first-order valence-corrected chi connectivity index (χ1v) is 4.76. The summed E-state index contributed by atoms with van der Waals surface area (Å²) in [4.78, 5) is 11.1. The van der Waals surface area contributed by atoms with E-state index in [4.69, 9.17) is 0 Å². The number of allylic oxidation sites excluding steroid dienone is 1. The van der Waals surface area contributed by atoms with Crippen LogP contribution >= 0.6 is 11.8 Å². The van der Waals surface area contributed by atoms with Crippen molar-refractivity contribution in [1.82, 2.24) is 0 Å². The molecule has 1 aliphatic rings. The number of carbonyl (C=O) groups excluding carboxylic acids is 1. The van der Waals surface area contributed by atoms with Gasteiger partial charge in [-0.15, -0.1) is 6.58 Å². The Bertz CT molecular complexity index is 153. The zero-order chi connectivity index (χ0) is 7.56. The fourth-order valence-electron chi connectivity index (χ4n) is 1.39. The molecule has 1 aliphatic carbocycles. The van der Waals surface area contributed by atoms with Crippen molar-refractivity contribution in [2.24, 2.45) is 5.92 Å². The maximum Gasteiger partial charge on any atom is 0.146 e. The van der Waals surface area contributed by atoms with Crippen molar-refractivity contribution in [2.75, 3.05) is 6.26 Å². The lowest BCUT2D eigenvalue weighted by molar-refractivity contribution is -0.117. The van der Waals surface area contributed by atoms with Crippen LogP contribution in [0.1, 0.15) is 12.8 Å². The molecular weight excluding hydrogens is 144 g/mol. The topological polar surface area (TPSA) is 17.1 Å². The lowest BCUT2D eigenvalue weighted by Gasteiger charge is -2.09. The Kier molecular flexibility index (Phi) is 2.55. The van der Waals surface area contributed by atoms with Gasteiger partial charge in [0.25, 0.3) is 0 Å². The molecule has 1 nitrogen and oxygen atoms in total. The SMILES string of the molecule is C=CC1CCC(=O)C1SC. The fourth-order valence-corrected chi connectivity index (χ4v) is 2.37. The van der Waals surface area contributed by atoms with Gasteiger partial charge in [0, 0.05) is 6.42 Å². The van der Waals surface area contributed by atoms with E-state index in [2.05, 4.69) is 6.58 Å². The molecule has 2 unspecified atom stereocenters.